The zero-order chi connectivity index (χ0) is 25.1. The maximum absolute atomic E-state index is 12.9. The van der Waals surface area contributed by atoms with Crippen molar-refractivity contribution in [3.63, 3.8) is 0 Å². The van der Waals surface area contributed by atoms with Gasteiger partial charge in [0, 0.05) is 23.2 Å². The van der Waals surface area contributed by atoms with Crippen LogP contribution in [0.2, 0.25) is 0 Å². The molecule has 0 radical (unpaired) electrons. The van der Waals surface area contributed by atoms with Crippen LogP contribution in [0.1, 0.15) is 76.2 Å². The first-order valence-electron chi connectivity index (χ1n) is 12.2. The summed E-state index contributed by atoms with van der Waals surface area (Å²) in [5.41, 5.74) is 1.08. The van der Waals surface area contributed by atoms with Crippen molar-refractivity contribution >= 4 is 28.5 Å². The van der Waals surface area contributed by atoms with Gasteiger partial charge in [0.2, 0.25) is 5.91 Å². The third-order valence-electron chi connectivity index (χ3n) is 5.96. The molecule has 8 nitrogen and oxygen atoms in total. The maximum Gasteiger partial charge on any atom is 0.268 e. The second kappa shape index (κ2) is 13.4. The molecule has 1 heterocycles. The van der Waals surface area contributed by atoms with Gasteiger partial charge >= 0.3 is 0 Å². The number of benzene rings is 1. The third-order valence-corrected chi connectivity index (χ3v) is 5.96. The van der Waals surface area contributed by atoms with Crippen LogP contribution >= 0.6 is 0 Å². The van der Waals surface area contributed by atoms with Gasteiger partial charge in [-0.25, -0.2) is 0 Å². The Bertz CT molecular complexity index is 1020. The molecule has 3 N–H and O–H groups in total. The highest BCUT2D eigenvalue weighted by Gasteiger charge is 2.28. The van der Waals surface area contributed by atoms with Crippen molar-refractivity contribution in [2.45, 2.75) is 77.8 Å². The number of hydrogen-bond donors (Lipinski definition) is 3. The number of carbonyl (C=O) groups excluding carboxylic acids is 3. The molecule has 34 heavy (non-hydrogen) atoms. The van der Waals surface area contributed by atoms with Crippen LogP contribution in [-0.4, -0.2) is 41.8 Å². The first-order chi connectivity index (χ1) is 16.5. The van der Waals surface area contributed by atoms with Crippen molar-refractivity contribution in [2.24, 2.45) is 5.92 Å². The number of ketones is 1. The Morgan fingerprint density at radius 1 is 1.26 bits per heavy atom. The quantitative estimate of drug-likeness (QED) is 0.507. The lowest BCUT2D eigenvalue weighted by Crippen LogP contribution is -2.50. The molecule has 0 aliphatic heterocycles. The number of hydrogen-bond acceptors (Lipinski definition) is 5. The molecular weight excluding hydrogens is 432 g/mol. The molecule has 1 aromatic carbocycles. The van der Waals surface area contributed by atoms with E-state index in [9.17, 15) is 19.6 Å². The van der Waals surface area contributed by atoms with Crippen LogP contribution in [0.25, 0.3) is 10.9 Å². The summed E-state index contributed by atoms with van der Waals surface area (Å²) < 4.78 is 5.33. The summed E-state index contributed by atoms with van der Waals surface area (Å²) in [4.78, 5) is 40.9. The first-order valence-corrected chi connectivity index (χ1v) is 12.2. The fourth-order valence-electron chi connectivity index (χ4n) is 4.23. The number of nitriles is 1. The second-order valence-corrected chi connectivity index (χ2v) is 8.25. The van der Waals surface area contributed by atoms with Crippen molar-refractivity contribution in [1.29, 1.82) is 5.26 Å². The van der Waals surface area contributed by atoms with E-state index >= 15 is 0 Å². The van der Waals surface area contributed by atoms with Crippen LogP contribution in [0.3, 0.4) is 0 Å². The Balaban J connectivity index is 0.00000199. The van der Waals surface area contributed by atoms with E-state index in [1.54, 1.807) is 13.2 Å². The van der Waals surface area contributed by atoms with Gasteiger partial charge in [-0.1, -0.05) is 39.7 Å². The van der Waals surface area contributed by atoms with E-state index in [1.165, 1.54) is 0 Å². The number of methoxy groups -OCH3 is 1. The van der Waals surface area contributed by atoms with E-state index in [4.69, 9.17) is 4.74 Å². The smallest absolute Gasteiger partial charge is 0.268 e. The SMILES string of the molecule is CC.CCCC(NC(=O)c1cc2c(OC)cccc2[nH]1)C(=O)NC(C#N)CC1CCCCC1=O. The highest BCUT2D eigenvalue weighted by molar-refractivity contribution is 6.01. The Labute approximate surface area is 201 Å². The summed E-state index contributed by atoms with van der Waals surface area (Å²) in [6.07, 6.45) is 4.58. The zero-order valence-electron chi connectivity index (χ0n) is 20.6. The molecule has 0 spiro atoms. The van der Waals surface area contributed by atoms with E-state index < -0.39 is 23.9 Å². The van der Waals surface area contributed by atoms with Crippen LogP contribution in [0.4, 0.5) is 0 Å². The second-order valence-electron chi connectivity index (χ2n) is 8.25. The molecule has 184 valence electrons. The Hall–Kier alpha value is -3.34. The number of Topliss-reactive ketones (excluding diaryl/α,β-unsaturated/α-hetero) is 1. The Morgan fingerprint density at radius 3 is 2.68 bits per heavy atom. The number of rotatable bonds is 9. The highest BCUT2D eigenvalue weighted by atomic mass is 16.5. The molecule has 0 saturated heterocycles. The number of fused-ring (bicyclic) bond motifs is 1. The summed E-state index contributed by atoms with van der Waals surface area (Å²) in [5.74, 6) is -0.195. The highest BCUT2D eigenvalue weighted by Crippen LogP contribution is 2.26. The summed E-state index contributed by atoms with van der Waals surface area (Å²) in [7, 11) is 1.57. The van der Waals surface area contributed by atoms with E-state index in [2.05, 4.69) is 21.7 Å². The third kappa shape index (κ3) is 6.83. The summed E-state index contributed by atoms with van der Waals surface area (Å²) in [6.45, 7) is 5.92. The van der Waals surface area contributed by atoms with E-state index in [1.807, 2.05) is 39.0 Å². The van der Waals surface area contributed by atoms with Crippen molar-refractivity contribution in [3.05, 3.63) is 30.0 Å². The van der Waals surface area contributed by atoms with Crippen molar-refractivity contribution < 1.29 is 19.1 Å². The minimum atomic E-state index is -0.779. The van der Waals surface area contributed by atoms with Gasteiger partial charge in [0.05, 0.1) is 13.2 Å². The monoisotopic (exact) mass is 468 g/mol. The van der Waals surface area contributed by atoms with E-state index in [0.717, 1.165) is 30.2 Å². The van der Waals surface area contributed by atoms with E-state index in [0.29, 0.717) is 37.1 Å². The number of aromatic amines is 1. The maximum atomic E-state index is 12.9. The minimum Gasteiger partial charge on any atom is -0.496 e. The van der Waals surface area contributed by atoms with Crippen molar-refractivity contribution in [3.8, 4) is 11.8 Å². The number of nitrogens with one attached hydrogen (secondary N) is 3. The van der Waals surface area contributed by atoms with Crippen LogP contribution in [0, 0.1) is 17.2 Å². The number of aromatic nitrogens is 1. The van der Waals surface area contributed by atoms with Crippen molar-refractivity contribution in [1.82, 2.24) is 15.6 Å². The predicted molar refractivity (Wildman–Crippen MR) is 131 cm³/mol. The predicted octanol–water partition coefficient (Wildman–Crippen LogP) is 4.26. The van der Waals surface area contributed by atoms with Crippen molar-refractivity contribution in [2.75, 3.05) is 7.11 Å². The van der Waals surface area contributed by atoms with Gasteiger partial charge in [-0.3, -0.25) is 14.4 Å². The fraction of sp³-hybridized carbons (Fsp3) is 0.538. The molecule has 0 bridgehead atoms. The number of H-pyrrole nitrogens is 1. The normalized spacial score (nSPS) is 17.0. The fourth-order valence-corrected chi connectivity index (χ4v) is 4.23. The van der Waals surface area contributed by atoms with Crippen LogP contribution < -0.4 is 15.4 Å². The van der Waals surface area contributed by atoms with Gasteiger partial charge in [-0.2, -0.15) is 5.26 Å². The molecule has 3 atom stereocenters. The molecule has 2 amide bonds. The average molecular weight is 469 g/mol. The lowest BCUT2D eigenvalue weighted by atomic mass is 9.84. The largest absolute Gasteiger partial charge is 0.496 e. The summed E-state index contributed by atoms with van der Waals surface area (Å²) in [6, 6.07) is 7.73. The Kier molecular flexibility index (Phi) is 10.6. The number of nitrogens with zero attached hydrogens (tertiary/aromatic N) is 1. The Morgan fingerprint density at radius 2 is 2.03 bits per heavy atom. The minimum absolute atomic E-state index is 0.165. The van der Waals surface area contributed by atoms with Gasteiger partial charge in [0.1, 0.15) is 29.3 Å². The first kappa shape index (κ1) is 26.9. The van der Waals surface area contributed by atoms with Gasteiger partial charge < -0.3 is 20.4 Å². The molecule has 2 aromatic rings. The number of carbonyl (C=O) groups is 3. The molecule has 1 saturated carbocycles. The molecule has 3 rings (SSSR count). The molecule has 8 heteroatoms. The summed E-state index contributed by atoms with van der Waals surface area (Å²) in [5, 5.41) is 15.8. The molecular formula is C26H36N4O4. The lowest BCUT2D eigenvalue weighted by Gasteiger charge is -2.24. The molecule has 1 aliphatic carbocycles. The standard InChI is InChI=1S/C24H30N4O4.C2H6/c1-3-7-19(23(30)26-16(14-25)12-15-8-4-5-10-21(15)29)28-24(31)20-13-17-18(27-20)9-6-11-22(17)32-2;1-2/h6,9,11,13,15-16,19,27H,3-5,7-8,10,12H2,1-2H3,(H,26,30)(H,28,31);1-2H3. The van der Waals surface area contributed by atoms with E-state index in [-0.39, 0.29) is 11.7 Å². The van der Waals surface area contributed by atoms with Crippen LogP contribution in [0.15, 0.2) is 24.3 Å². The molecule has 1 fully saturated rings. The lowest BCUT2D eigenvalue weighted by molar-refractivity contribution is -0.126. The van der Waals surface area contributed by atoms with Gasteiger partial charge in [-0.05, 0) is 43.9 Å². The van der Waals surface area contributed by atoms with Gasteiger partial charge in [-0.15, -0.1) is 0 Å². The average Bonchev–Trinajstić information content (AvgIpc) is 3.30. The number of ether oxygens (including phenoxy) is 1. The van der Waals surface area contributed by atoms with Gasteiger partial charge in [0.15, 0.2) is 0 Å². The molecule has 1 aliphatic rings. The summed E-state index contributed by atoms with van der Waals surface area (Å²) >= 11 is 0. The van der Waals surface area contributed by atoms with Crippen LogP contribution in [-0.2, 0) is 9.59 Å². The molecule has 3 unspecified atom stereocenters. The number of amides is 2. The topological polar surface area (TPSA) is 124 Å². The molecule has 1 aromatic heterocycles. The zero-order valence-corrected chi connectivity index (χ0v) is 20.6. The van der Waals surface area contributed by atoms with Crippen LogP contribution in [0.5, 0.6) is 5.75 Å². The van der Waals surface area contributed by atoms with Gasteiger partial charge in [0.25, 0.3) is 5.91 Å².